The van der Waals surface area contributed by atoms with Crippen LogP contribution in [0.2, 0.25) is 0 Å². The number of carbonyl (C=O) groups excluding carboxylic acids is 1. The number of amides is 1. The van der Waals surface area contributed by atoms with Crippen molar-refractivity contribution in [3.05, 3.63) is 11.1 Å². The van der Waals surface area contributed by atoms with Crippen molar-refractivity contribution in [2.45, 2.75) is 52.0 Å². The quantitative estimate of drug-likeness (QED) is 0.902. The highest BCUT2D eigenvalue weighted by molar-refractivity contribution is 7.13. The average Bonchev–Trinajstić information content (AvgIpc) is 3.00. The summed E-state index contributed by atoms with van der Waals surface area (Å²) in [5.74, 6) is 0.665. The highest BCUT2D eigenvalue weighted by Gasteiger charge is 2.28. The molecule has 4 nitrogen and oxygen atoms in total. The monoisotopic (exact) mass is 281 g/mol. The van der Waals surface area contributed by atoms with Crippen LogP contribution >= 0.6 is 11.3 Å². The molecule has 1 saturated carbocycles. The zero-order chi connectivity index (χ0) is 13.8. The third-order valence-electron chi connectivity index (χ3n) is 3.71. The van der Waals surface area contributed by atoms with Gasteiger partial charge in [-0.2, -0.15) is 0 Å². The minimum absolute atomic E-state index is 0.0560. The Balaban J connectivity index is 2.09. The molecule has 2 N–H and O–H groups in total. The van der Waals surface area contributed by atoms with Crippen LogP contribution in [0.1, 0.15) is 56.4 Å². The highest BCUT2D eigenvalue weighted by Crippen LogP contribution is 2.26. The van der Waals surface area contributed by atoms with Gasteiger partial charge in [0.05, 0.1) is 0 Å². The Morgan fingerprint density at radius 1 is 1.53 bits per heavy atom. The molecule has 0 atom stereocenters. The van der Waals surface area contributed by atoms with Crippen molar-refractivity contribution in [2.24, 2.45) is 5.92 Å². The first-order chi connectivity index (χ1) is 9.08. The smallest absolute Gasteiger partial charge is 0.273 e. The van der Waals surface area contributed by atoms with Gasteiger partial charge in [0.25, 0.3) is 5.91 Å². The van der Waals surface area contributed by atoms with Crippen LogP contribution in [0.3, 0.4) is 0 Å². The Morgan fingerprint density at radius 2 is 2.21 bits per heavy atom. The molecule has 1 heterocycles. The lowest BCUT2D eigenvalue weighted by molar-refractivity contribution is 0.0667. The van der Waals surface area contributed by atoms with E-state index in [-0.39, 0.29) is 5.91 Å². The highest BCUT2D eigenvalue weighted by atomic mass is 32.1. The maximum Gasteiger partial charge on any atom is 0.273 e. The lowest BCUT2D eigenvalue weighted by atomic mass is 10.1. The van der Waals surface area contributed by atoms with E-state index in [0.717, 1.165) is 25.8 Å². The van der Waals surface area contributed by atoms with Gasteiger partial charge < -0.3 is 10.6 Å². The van der Waals surface area contributed by atoms with Gasteiger partial charge in [-0.15, -0.1) is 11.3 Å². The predicted octanol–water partition coefficient (Wildman–Crippen LogP) is 3.16. The van der Waals surface area contributed by atoms with Crippen molar-refractivity contribution >= 4 is 22.4 Å². The van der Waals surface area contributed by atoms with Crippen LogP contribution in [0.4, 0.5) is 5.13 Å². The summed E-state index contributed by atoms with van der Waals surface area (Å²) in [5.41, 5.74) is 6.14. The first-order valence-corrected chi connectivity index (χ1v) is 7.98. The lowest BCUT2D eigenvalue weighted by Gasteiger charge is -2.29. The molecule has 1 aliphatic carbocycles. The van der Waals surface area contributed by atoms with Crippen molar-refractivity contribution < 1.29 is 4.79 Å². The second-order valence-electron chi connectivity index (χ2n) is 5.69. The number of aromatic nitrogens is 1. The molecule has 1 aliphatic rings. The number of hydrogen-bond donors (Lipinski definition) is 1. The van der Waals surface area contributed by atoms with Crippen LogP contribution in [-0.4, -0.2) is 28.4 Å². The van der Waals surface area contributed by atoms with Crippen LogP contribution in [0, 0.1) is 5.92 Å². The van der Waals surface area contributed by atoms with Crippen molar-refractivity contribution in [1.82, 2.24) is 9.88 Å². The number of carbonyl (C=O) groups is 1. The number of thiazole rings is 1. The van der Waals surface area contributed by atoms with E-state index in [4.69, 9.17) is 5.73 Å². The molecular weight excluding hydrogens is 258 g/mol. The Bertz CT molecular complexity index is 424. The molecule has 0 spiro atoms. The van der Waals surface area contributed by atoms with Crippen LogP contribution in [0.25, 0.3) is 0 Å². The normalized spacial score (nSPS) is 16.2. The molecule has 2 rings (SSSR count). The van der Waals surface area contributed by atoms with E-state index in [9.17, 15) is 4.79 Å². The van der Waals surface area contributed by atoms with Crippen molar-refractivity contribution in [2.75, 3.05) is 12.3 Å². The zero-order valence-corrected chi connectivity index (χ0v) is 12.6. The third kappa shape index (κ3) is 3.69. The summed E-state index contributed by atoms with van der Waals surface area (Å²) in [6, 6.07) is 0.397. The Kier molecular flexibility index (Phi) is 4.80. The summed E-state index contributed by atoms with van der Waals surface area (Å²) in [7, 11) is 0. The SMILES string of the molecule is CC(C)CCN(C(=O)c1csc(N)n1)C1CCCC1. The van der Waals surface area contributed by atoms with Gasteiger partial charge in [0.15, 0.2) is 5.13 Å². The molecule has 1 fully saturated rings. The van der Waals surface area contributed by atoms with Crippen molar-refractivity contribution in [3.63, 3.8) is 0 Å². The summed E-state index contributed by atoms with van der Waals surface area (Å²) < 4.78 is 0. The van der Waals surface area contributed by atoms with E-state index in [1.807, 2.05) is 4.90 Å². The fourth-order valence-corrected chi connectivity index (χ4v) is 3.13. The van der Waals surface area contributed by atoms with Crippen molar-refractivity contribution in [1.29, 1.82) is 0 Å². The zero-order valence-electron chi connectivity index (χ0n) is 11.8. The van der Waals surface area contributed by atoms with Gasteiger partial charge in [0, 0.05) is 18.0 Å². The predicted molar refractivity (Wildman–Crippen MR) is 79.3 cm³/mol. The van der Waals surface area contributed by atoms with E-state index in [1.54, 1.807) is 5.38 Å². The number of anilines is 1. The third-order valence-corrected chi connectivity index (χ3v) is 4.39. The van der Waals surface area contributed by atoms with Gasteiger partial charge in [0.2, 0.25) is 0 Å². The Labute approximate surface area is 119 Å². The second kappa shape index (κ2) is 6.37. The van der Waals surface area contributed by atoms with Crippen molar-refractivity contribution in [3.8, 4) is 0 Å². The standard InChI is InChI=1S/C14H23N3OS/c1-10(2)7-8-17(11-5-3-4-6-11)13(18)12-9-19-14(15)16-12/h9-11H,3-8H2,1-2H3,(H2,15,16). The van der Waals surface area contributed by atoms with Gasteiger partial charge in [0.1, 0.15) is 5.69 Å². The topological polar surface area (TPSA) is 59.2 Å². The van der Waals surface area contributed by atoms with Crippen LogP contribution in [0.5, 0.6) is 0 Å². The van der Waals surface area contributed by atoms with Crippen LogP contribution < -0.4 is 5.73 Å². The average molecular weight is 281 g/mol. The fraction of sp³-hybridized carbons (Fsp3) is 0.714. The molecule has 0 unspecified atom stereocenters. The summed E-state index contributed by atoms with van der Waals surface area (Å²) in [6.45, 7) is 5.22. The molecule has 0 saturated heterocycles. The van der Waals surface area contributed by atoms with Crippen LogP contribution in [-0.2, 0) is 0 Å². The number of nitrogen functional groups attached to an aromatic ring is 1. The molecule has 0 aliphatic heterocycles. The van der Waals surface area contributed by atoms with E-state index in [1.165, 1.54) is 24.2 Å². The molecule has 19 heavy (non-hydrogen) atoms. The van der Waals surface area contributed by atoms with Gasteiger partial charge in [-0.05, 0) is 25.2 Å². The first-order valence-electron chi connectivity index (χ1n) is 7.10. The van der Waals surface area contributed by atoms with E-state index < -0.39 is 0 Å². The summed E-state index contributed by atoms with van der Waals surface area (Å²) in [4.78, 5) is 18.7. The number of rotatable bonds is 5. The minimum atomic E-state index is 0.0560. The molecule has 5 heteroatoms. The van der Waals surface area contributed by atoms with E-state index in [0.29, 0.717) is 22.8 Å². The molecule has 0 aromatic carbocycles. The first kappa shape index (κ1) is 14.3. The summed E-state index contributed by atoms with van der Waals surface area (Å²) in [6.07, 6.45) is 5.76. The van der Waals surface area contributed by atoms with E-state index >= 15 is 0 Å². The number of nitrogens with zero attached hydrogens (tertiary/aromatic N) is 2. The van der Waals surface area contributed by atoms with Gasteiger partial charge in [-0.3, -0.25) is 4.79 Å². The molecule has 1 amide bonds. The maximum absolute atomic E-state index is 12.6. The van der Waals surface area contributed by atoms with Crippen LogP contribution in [0.15, 0.2) is 5.38 Å². The molecular formula is C14H23N3OS. The van der Waals surface area contributed by atoms with Gasteiger partial charge >= 0.3 is 0 Å². The Hall–Kier alpha value is -1.10. The van der Waals surface area contributed by atoms with Gasteiger partial charge in [-0.25, -0.2) is 4.98 Å². The maximum atomic E-state index is 12.6. The molecule has 0 bridgehead atoms. The molecule has 106 valence electrons. The fourth-order valence-electron chi connectivity index (χ4n) is 2.60. The molecule has 1 aromatic rings. The number of nitrogens with two attached hydrogens (primary N) is 1. The molecule has 0 radical (unpaired) electrons. The van der Waals surface area contributed by atoms with E-state index in [2.05, 4.69) is 18.8 Å². The summed E-state index contributed by atoms with van der Waals surface area (Å²) >= 11 is 1.34. The van der Waals surface area contributed by atoms with Gasteiger partial charge in [-0.1, -0.05) is 26.7 Å². The lowest BCUT2D eigenvalue weighted by Crippen LogP contribution is -2.40. The minimum Gasteiger partial charge on any atom is -0.375 e. The number of hydrogen-bond acceptors (Lipinski definition) is 4. The second-order valence-corrected chi connectivity index (χ2v) is 6.58. The largest absolute Gasteiger partial charge is 0.375 e. The summed E-state index contributed by atoms with van der Waals surface area (Å²) in [5, 5.41) is 2.24. The Morgan fingerprint density at radius 3 is 2.74 bits per heavy atom. The molecule has 1 aromatic heterocycles.